The van der Waals surface area contributed by atoms with Gasteiger partial charge in [0.05, 0.1) is 5.01 Å². The summed E-state index contributed by atoms with van der Waals surface area (Å²) in [5, 5.41) is 6.69. The molecule has 17 heavy (non-hydrogen) atoms. The van der Waals surface area contributed by atoms with Crippen LogP contribution < -0.4 is 5.32 Å². The molecule has 1 aromatic carbocycles. The fourth-order valence-corrected chi connectivity index (χ4v) is 2.60. The van der Waals surface area contributed by atoms with E-state index in [1.807, 2.05) is 11.6 Å². The van der Waals surface area contributed by atoms with Crippen LogP contribution in [-0.4, -0.2) is 11.5 Å². The number of hydrogen-bond acceptors (Lipinski definition) is 3. The Kier molecular flexibility index (Phi) is 4.29. The van der Waals surface area contributed by atoms with Crippen molar-refractivity contribution in [3.63, 3.8) is 0 Å². The molecule has 2 rings (SSSR count). The predicted molar refractivity (Wildman–Crippen MR) is 73.4 cm³/mol. The lowest BCUT2D eigenvalue weighted by atomic mass is 10.1. The van der Waals surface area contributed by atoms with Gasteiger partial charge in [0.15, 0.2) is 0 Å². The Morgan fingerprint density at radius 3 is 2.59 bits per heavy atom. The SMILES string of the molecule is Cc1cc(C)cc(CNCCc2nccs2)c1. The predicted octanol–water partition coefficient (Wildman–Crippen LogP) is 3.09. The fraction of sp³-hybridized carbons (Fsp3) is 0.357. The van der Waals surface area contributed by atoms with Crippen molar-refractivity contribution in [1.29, 1.82) is 0 Å². The number of hydrogen-bond donors (Lipinski definition) is 1. The molecule has 0 amide bonds. The van der Waals surface area contributed by atoms with Gasteiger partial charge in [-0.15, -0.1) is 11.3 Å². The van der Waals surface area contributed by atoms with Gasteiger partial charge in [-0.25, -0.2) is 4.98 Å². The minimum absolute atomic E-state index is 0.938. The van der Waals surface area contributed by atoms with Gasteiger partial charge in [0, 0.05) is 31.1 Å². The zero-order valence-electron chi connectivity index (χ0n) is 10.4. The highest BCUT2D eigenvalue weighted by atomic mass is 32.1. The molecule has 3 heteroatoms. The number of aromatic nitrogens is 1. The largest absolute Gasteiger partial charge is 0.312 e. The summed E-state index contributed by atoms with van der Waals surface area (Å²) in [4.78, 5) is 4.27. The van der Waals surface area contributed by atoms with Crippen molar-refractivity contribution in [1.82, 2.24) is 10.3 Å². The number of thiazole rings is 1. The first-order valence-electron chi connectivity index (χ1n) is 5.90. The Balaban J connectivity index is 1.78. The van der Waals surface area contributed by atoms with E-state index in [1.165, 1.54) is 21.7 Å². The van der Waals surface area contributed by atoms with Crippen molar-refractivity contribution in [2.45, 2.75) is 26.8 Å². The number of benzene rings is 1. The summed E-state index contributed by atoms with van der Waals surface area (Å²) in [5.41, 5.74) is 4.03. The van der Waals surface area contributed by atoms with Crippen LogP contribution in [0, 0.1) is 13.8 Å². The van der Waals surface area contributed by atoms with Crippen LogP contribution in [0.4, 0.5) is 0 Å². The van der Waals surface area contributed by atoms with Crippen LogP contribution in [0.15, 0.2) is 29.8 Å². The smallest absolute Gasteiger partial charge is 0.0937 e. The van der Waals surface area contributed by atoms with Gasteiger partial charge in [-0.3, -0.25) is 0 Å². The molecule has 1 N–H and O–H groups in total. The molecule has 0 radical (unpaired) electrons. The Morgan fingerprint density at radius 2 is 1.94 bits per heavy atom. The van der Waals surface area contributed by atoms with Gasteiger partial charge in [-0.1, -0.05) is 29.3 Å². The Morgan fingerprint density at radius 1 is 1.18 bits per heavy atom. The Bertz CT molecular complexity index is 443. The molecule has 2 aromatic rings. The van der Waals surface area contributed by atoms with Crippen LogP contribution in [0.1, 0.15) is 21.7 Å². The molecule has 0 fully saturated rings. The molecule has 0 saturated heterocycles. The fourth-order valence-electron chi connectivity index (χ4n) is 1.98. The van der Waals surface area contributed by atoms with Crippen LogP contribution in [-0.2, 0) is 13.0 Å². The molecule has 0 atom stereocenters. The van der Waals surface area contributed by atoms with Crippen molar-refractivity contribution in [3.8, 4) is 0 Å². The average Bonchev–Trinajstić information content (AvgIpc) is 2.76. The molecule has 0 aliphatic rings. The van der Waals surface area contributed by atoms with Crippen LogP contribution >= 0.6 is 11.3 Å². The van der Waals surface area contributed by atoms with Crippen LogP contribution in [0.3, 0.4) is 0 Å². The van der Waals surface area contributed by atoms with Gasteiger partial charge in [-0.05, 0) is 19.4 Å². The first-order chi connectivity index (χ1) is 8.24. The molecule has 0 unspecified atom stereocenters. The summed E-state index contributed by atoms with van der Waals surface area (Å²) in [5.74, 6) is 0. The molecule has 0 aliphatic carbocycles. The van der Waals surface area contributed by atoms with Crippen molar-refractivity contribution in [2.75, 3.05) is 6.54 Å². The first-order valence-corrected chi connectivity index (χ1v) is 6.78. The second kappa shape index (κ2) is 5.94. The second-order valence-corrected chi connectivity index (χ2v) is 5.33. The highest BCUT2D eigenvalue weighted by molar-refractivity contribution is 7.09. The average molecular weight is 246 g/mol. The number of rotatable bonds is 5. The van der Waals surface area contributed by atoms with Gasteiger partial charge in [0.2, 0.25) is 0 Å². The molecular formula is C14H18N2S. The summed E-state index contributed by atoms with van der Waals surface area (Å²) in [6.45, 7) is 6.21. The van der Waals surface area contributed by atoms with Crippen molar-refractivity contribution < 1.29 is 0 Å². The molecular weight excluding hydrogens is 228 g/mol. The summed E-state index contributed by atoms with van der Waals surface area (Å²) in [6.07, 6.45) is 2.88. The van der Waals surface area contributed by atoms with Gasteiger partial charge < -0.3 is 5.32 Å². The zero-order chi connectivity index (χ0) is 12.1. The van der Waals surface area contributed by atoms with Crippen molar-refractivity contribution in [3.05, 3.63) is 51.5 Å². The normalized spacial score (nSPS) is 10.7. The second-order valence-electron chi connectivity index (χ2n) is 4.35. The summed E-state index contributed by atoms with van der Waals surface area (Å²) in [6, 6.07) is 6.69. The van der Waals surface area contributed by atoms with Gasteiger partial charge in [0.25, 0.3) is 0 Å². The van der Waals surface area contributed by atoms with E-state index >= 15 is 0 Å². The highest BCUT2D eigenvalue weighted by Crippen LogP contribution is 2.08. The number of nitrogens with zero attached hydrogens (tertiary/aromatic N) is 1. The van der Waals surface area contributed by atoms with Gasteiger partial charge in [0.1, 0.15) is 0 Å². The maximum Gasteiger partial charge on any atom is 0.0937 e. The molecule has 0 aliphatic heterocycles. The standard InChI is InChI=1S/C14H18N2S/c1-11-7-12(2)9-13(8-11)10-15-4-3-14-16-5-6-17-14/h5-9,15H,3-4,10H2,1-2H3. The van der Waals surface area contributed by atoms with E-state index in [0.717, 1.165) is 19.5 Å². The maximum atomic E-state index is 4.27. The molecule has 0 bridgehead atoms. The summed E-state index contributed by atoms with van der Waals surface area (Å²) >= 11 is 1.72. The van der Waals surface area contributed by atoms with E-state index in [4.69, 9.17) is 0 Å². The van der Waals surface area contributed by atoms with E-state index in [-0.39, 0.29) is 0 Å². The first kappa shape index (κ1) is 12.3. The Labute approximate surface area is 107 Å². The lowest BCUT2D eigenvalue weighted by Gasteiger charge is -2.06. The third-order valence-electron chi connectivity index (χ3n) is 2.61. The van der Waals surface area contributed by atoms with E-state index < -0.39 is 0 Å². The Hall–Kier alpha value is -1.19. The molecule has 0 saturated carbocycles. The quantitative estimate of drug-likeness (QED) is 0.820. The number of nitrogens with one attached hydrogen (secondary N) is 1. The molecule has 0 spiro atoms. The van der Waals surface area contributed by atoms with Crippen LogP contribution in [0.25, 0.3) is 0 Å². The third kappa shape index (κ3) is 3.95. The number of aryl methyl sites for hydroxylation is 2. The highest BCUT2D eigenvalue weighted by Gasteiger charge is 1.97. The third-order valence-corrected chi connectivity index (χ3v) is 3.45. The van der Waals surface area contributed by atoms with Crippen LogP contribution in [0.5, 0.6) is 0 Å². The monoisotopic (exact) mass is 246 g/mol. The van der Waals surface area contributed by atoms with Crippen molar-refractivity contribution in [2.24, 2.45) is 0 Å². The minimum atomic E-state index is 0.938. The molecule has 1 heterocycles. The van der Waals surface area contributed by atoms with Gasteiger partial charge in [-0.2, -0.15) is 0 Å². The molecule has 90 valence electrons. The summed E-state index contributed by atoms with van der Waals surface area (Å²) < 4.78 is 0. The van der Waals surface area contributed by atoms with E-state index in [0.29, 0.717) is 0 Å². The van der Waals surface area contributed by atoms with Crippen molar-refractivity contribution >= 4 is 11.3 Å². The van der Waals surface area contributed by atoms with E-state index in [2.05, 4.69) is 42.3 Å². The lowest BCUT2D eigenvalue weighted by molar-refractivity contribution is 0.684. The summed E-state index contributed by atoms with van der Waals surface area (Å²) in [7, 11) is 0. The maximum absolute atomic E-state index is 4.27. The topological polar surface area (TPSA) is 24.9 Å². The molecule has 2 nitrogen and oxygen atoms in total. The van der Waals surface area contributed by atoms with E-state index in [9.17, 15) is 0 Å². The minimum Gasteiger partial charge on any atom is -0.312 e. The van der Waals surface area contributed by atoms with Crippen LogP contribution in [0.2, 0.25) is 0 Å². The van der Waals surface area contributed by atoms with Gasteiger partial charge >= 0.3 is 0 Å². The molecule has 1 aromatic heterocycles. The van der Waals surface area contributed by atoms with E-state index in [1.54, 1.807) is 11.3 Å². The lowest BCUT2D eigenvalue weighted by Crippen LogP contribution is -2.16. The zero-order valence-corrected chi connectivity index (χ0v) is 11.2.